The maximum atomic E-state index is 12.2. The van der Waals surface area contributed by atoms with E-state index in [0.717, 1.165) is 25.0 Å². The first-order valence-corrected chi connectivity index (χ1v) is 6.80. The molecule has 0 aromatic carbocycles. The van der Waals surface area contributed by atoms with Gasteiger partial charge in [-0.05, 0) is 52.9 Å². The Labute approximate surface area is 118 Å². The molecule has 0 aliphatic heterocycles. The third-order valence-corrected chi connectivity index (χ3v) is 3.13. The molecule has 1 amide bonds. The first-order chi connectivity index (χ1) is 8.83. The topological polar surface area (TPSA) is 32.3 Å². The van der Waals surface area contributed by atoms with Crippen LogP contribution in [0.2, 0.25) is 0 Å². The Hall–Kier alpha value is -1.35. The number of nitrogens with one attached hydrogen (secondary N) is 1. The van der Waals surface area contributed by atoms with Gasteiger partial charge in [0.15, 0.2) is 0 Å². The van der Waals surface area contributed by atoms with Crippen molar-refractivity contribution in [1.29, 1.82) is 0 Å². The van der Waals surface area contributed by atoms with E-state index in [4.69, 9.17) is 0 Å². The number of carbonyl (C=O) groups excluding carboxylic acids is 1. The summed E-state index contributed by atoms with van der Waals surface area (Å²) in [6, 6.07) is 0.197. The zero-order chi connectivity index (χ0) is 15.0. The van der Waals surface area contributed by atoms with E-state index in [9.17, 15) is 4.79 Å². The molecule has 0 aliphatic rings. The smallest absolute Gasteiger partial charge is 0.251 e. The van der Waals surface area contributed by atoms with Crippen LogP contribution in [0.1, 0.15) is 33.6 Å². The minimum Gasteiger partial charge on any atom is -0.349 e. The fraction of sp³-hybridized carbons (Fsp3) is 0.562. The highest BCUT2D eigenvalue weighted by atomic mass is 16.1. The number of carbonyl (C=O) groups is 1. The summed E-state index contributed by atoms with van der Waals surface area (Å²) in [6.45, 7) is 14.5. The lowest BCUT2D eigenvalue weighted by molar-refractivity contribution is -0.118. The number of amides is 1. The standard InChI is InChI=1S/C16H28N2O/c1-8-14(10-11-18(6)7)17-16(19)15(9-2)13(5)12(3)4/h9,14H,3,5,8,10-11H2,1-2,4,6-7H3,(H,17,19)/b15-9+. The number of hydrogen-bond acceptors (Lipinski definition) is 2. The van der Waals surface area contributed by atoms with E-state index in [1.165, 1.54) is 0 Å². The van der Waals surface area contributed by atoms with Gasteiger partial charge in [-0.1, -0.05) is 31.7 Å². The molecule has 0 aromatic rings. The summed E-state index contributed by atoms with van der Waals surface area (Å²) < 4.78 is 0. The van der Waals surface area contributed by atoms with Gasteiger partial charge in [-0.15, -0.1) is 0 Å². The van der Waals surface area contributed by atoms with Gasteiger partial charge >= 0.3 is 0 Å². The van der Waals surface area contributed by atoms with E-state index in [1.807, 2.05) is 27.9 Å². The Morgan fingerprint density at radius 1 is 1.37 bits per heavy atom. The molecule has 0 radical (unpaired) electrons. The second kappa shape index (κ2) is 8.70. The van der Waals surface area contributed by atoms with Gasteiger partial charge < -0.3 is 10.2 Å². The zero-order valence-electron chi connectivity index (χ0n) is 13.0. The normalized spacial score (nSPS) is 13.3. The summed E-state index contributed by atoms with van der Waals surface area (Å²) in [4.78, 5) is 14.4. The average Bonchev–Trinajstić information content (AvgIpc) is 2.34. The average molecular weight is 264 g/mol. The third-order valence-electron chi connectivity index (χ3n) is 3.13. The van der Waals surface area contributed by atoms with Gasteiger partial charge in [0.05, 0.1) is 0 Å². The van der Waals surface area contributed by atoms with Crippen LogP contribution < -0.4 is 5.32 Å². The molecule has 1 atom stereocenters. The van der Waals surface area contributed by atoms with Crippen LogP contribution >= 0.6 is 0 Å². The van der Waals surface area contributed by atoms with Crippen LogP contribution in [0.3, 0.4) is 0 Å². The lowest BCUT2D eigenvalue weighted by Crippen LogP contribution is -2.37. The second-order valence-electron chi connectivity index (χ2n) is 5.13. The Morgan fingerprint density at radius 3 is 2.32 bits per heavy atom. The van der Waals surface area contributed by atoms with Gasteiger partial charge in [-0.2, -0.15) is 0 Å². The van der Waals surface area contributed by atoms with Gasteiger partial charge in [0.2, 0.25) is 0 Å². The second-order valence-corrected chi connectivity index (χ2v) is 5.13. The quantitative estimate of drug-likeness (QED) is 0.540. The summed E-state index contributed by atoms with van der Waals surface area (Å²) in [7, 11) is 4.07. The van der Waals surface area contributed by atoms with Gasteiger partial charge in [0, 0.05) is 11.6 Å². The number of nitrogens with zero attached hydrogens (tertiary/aromatic N) is 1. The highest BCUT2D eigenvalue weighted by Gasteiger charge is 2.16. The van der Waals surface area contributed by atoms with Crippen molar-refractivity contribution in [3.8, 4) is 0 Å². The van der Waals surface area contributed by atoms with Crippen molar-refractivity contribution in [3.05, 3.63) is 36.0 Å². The molecule has 0 rings (SSSR count). The number of rotatable bonds is 8. The van der Waals surface area contributed by atoms with Crippen LogP contribution in [-0.2, 0) is 4.79 Å². The molecule has 0 saturated heterocycles. The first kappa shape index (κ1) is 17.6. The van der Waals surface area contributed by atoms with E-state index < -0.39 is 0 Å². The highest BCUT2D eigenvalue weighted by Crippen LogP contribution is 2.16. The van der Waals surface area contributed by atoms with E-state index in [2.05, 4.69) is 30.3 Å². The van der Waals surface area contributed by atoms with E-state index in [0.29, 0.717) is 11.1 Å². The molecule has 19 heavy (non-hydrogen) atoms. The van der Waals surface area contributed by atoms with Gasteiger partial charge in [-0.25, -0.2) is 0 Å². The van der Waals surface area contributed by atoms with Crippen molar-refractivity contribution in [2.75, 3.05) is 20.6 Å². The summed E-state index contributed by atoms with van der Waals surface area (Å²) in [5.41, 5.74) is 2.16. The lowest BCUT2D eigenvalue weighted by atomic mass is 10.00. The van der Waals surface area contributed by atoms with Gasteiger partial charge in [0.25, 0.3) is 5.91 Å². The van der Waals surface area contributed by atoms with Crippen molar-refractivity contribution in [2.45, 2.75) is 39.7 Å². The Kier molecular flexibility index (Phi) is 8.08. The van der Waals surface area contributed by atoms with Crippen molar-refractivity contribution in [2.24, 2.45) is 0 Å². The van der Waals surface area contributed by atoms with Crippen molar-refractivity contribution >= 4 is 5.91 Å². The van der Waals surface area contributed by atoms with Crippen LogP contribution in [0.5, 0.6) is 0 Å². The van der Waals surface area contributed by atoms with Gasteiger partial charge in [0.1, 0.15) is 0 Å². The minimum absolute atomic E-state index is 0.0545. The van der Waals surface area contributed by atoms with Crippen LogP contribution in [0, 0.1) is 0 Å². The van der Waals surface area contributed by atoms with Crippen LogP contribution in [0.4, 0.5) is 0 Å². The highest BCUT2D eigenvalue weighted by molar-refractivity contribution is 5.98. The molecule has 3 nitrogen and oxygen atoms in total. The van der Waals surface area contributed by atoms with Crippen molar-refractivity contribution < 1.29 is 4.79 Å². The van der Waals surface area contributed by atoms with E-state index >= 15 is 0 Å². The molecule has 1 N–H and O–H groups in total. The van der Waals surface area contributed by atoms with Crippen LogP contribution in [-0.4, -0.2) is 37.5 Å². The molecule has 0 saturated carbocycles. The predicted molar refractivity (Wildman–Crippen MR) is 83.1 cm³/mol. The monoisotopic (exact) mass is 264 g/mol. The molecule has 0 aromatic heterocycles. The number of hydrogen-bond donors (Lipinski definition) is 1. The fourth-order valence-corrected chi connectivity index (χ4v) is 1.73. The van der Waals surface area contributed by atoms with Crippen LogP contribution in [0.25, 0.3) is 0 Å². The number of allylic oxidation sites excluding steroid dienone is 2. The molecule has 0 aliphatic carbocycles. The predicted octanol–water partition coefficient (Wildman–Crippen LogP) is 2.91. The van der Waals surface area contributed by atoms with Crippen molar-refractivity contribution in [3.63, 3.8) is 0 Å². The first-order valence-electron chi connectivity index (χ1n) is 6.80. The third kappa shape index (κ3) is 6.39. The van der Waals surface area contributed by atoms with Crippen LogP contribution in [0.15, 0.2) is 36.0 Å². The Bertz CT molecular complexity index is 367. The molecule has 0 bridgehead atoms. The summed E-state index contributed by atoms with van der Waals surface area (Å²) >= 11 is 0. The Morgan fingerprint density at radius 2 is 1.95 bits per heavy atom. The molecule has 3 heteroatoms. The Balaban J connectivity index is 4.63. The minimum atomic E-state index is -0.0545. The maximum Gasteiger partial charge on any atom is 0.251 e. The molecule has 0 spiro atoms. The molecule has 1 unspecified atom stereocenters. The van der Waals surface area contributed by atoms with Gasteiger partial charge in [-0.3, -0.25) is 4.79 Å². The van der Waals surface area contributed by atoms with E-state index in [-0.39, 0.29) is 11.9 Å². The summed E-state index contributed by atoms with van der Waals surface area (Å²) in [6.07, 6.45) is 3.67. The maximum absolute atomic E-state index is 12.2. The largest absolute Gasteiger partial charge is 0.349 e. The lowest BCUT2D eigenvalue weighted by Gasteiger charge is -2.20. The summed E-state index contributed by atoms with van der Waals surface area (Å²) in [5, 5.41) is 3.07. The molecule has 0 heterocycles. The summed E-state index contributed by atoms with van der Waals surface area (Å²) in [5.74, 6) is -0.0545. The molecular formula is C16H28N2O. The molecule has 0 fully saturated rings. The van der Waals surface area contributed by atoms with Crippen molar-refractivity contribution in [1.82, 2.24) is 10.2 Å². The SMILES string of the molecule is C=C(C)C(=C)/C(=C\C)C(=O)NC(CC)CCN(C)C. The fourth-order valence-electron chi connectivity index (χ4n) is 1.73. The molecular weight excluding hydrogens is 236 g/mol. The zero-order valence-corrected chi connectivity index (χ0v) is 13.0. The molecule has 108 valence electrons. The van der Waals surface area contributed by atoms with E-state index in [1.54, 1.807) is 6.08 Å².